The highest BCUT2D eigenvalue weighted by Crippen LogP contribution is 2.33. The molecule has 2 aromatic carbocycles. The van der Waals surface area contributed by atoms with Gasteiger partial charge in [-0.2, -0.15) is 0 Å². The van der Waals surface area contributed by atoms with Crippen LogP contribution in [-0.4, -0.2) is 0 Å². The Hall–Kier alpha value is -2.08. The van der Waals surface area contributed by atoms with Crippen LogP contribution in [0.1, 0.15) is 38.8 Å². The van der Waals surface area contributed by atoms with Gasteiger partial charge in [0.1, 0.15) is 0 Å². The fourth-order valence-electron chi connectivity index (χ4n) is 2.51. The molecule has 0 saturated heterocycles. The third-order valence-electron chi connectivity index (χ3n) is 3.53. The van der Waals surface area contributed by atoms with Crippen LogP contribution >= 0.6 is 0 Å². The van der Waals surface area contributed by atoms with E-state index >= 15 is 0 Å². The predicted octanol–water partition coefficient (Wildman–Crippen LogP) is 6.22. The smallest absolute Gasteiger partial charge is 0.0129 e. The number of benzene rings is 2. The van der Waals surface area contributed by atoms with Gasteiger partial charge in [-0.15, -0.1) is 0 Å². The Morgan fingerprint density at radius 2 is 1.14 bits per heavy atom. The van der Waals surface area contributed by atoms with Crippen molar-refractivity contribution in [2.75, 3.05) is 0 Å². The molecule has 0 fully saturated rings. The zero-order chi connectivity index (χ0) is 15.3. The number of hydrogen-bond donors (Lipinski definition) is 0. The van der Waals surface area contributed by atoms with Gasteiger partial charge < -0.3 is 0 Å². The van der Waals surface area contributed by atoms with E-state index in [-0.39, 0.29) is 5.41 Å². The van der Waals surface area contributed by atoms with E-state index in [1.807, 2.05) is 0 Å². The van der Waals surface area contributed by atoms with Crippen LogP contribution in [0.5, 0.6) is 0 Å². The van der Waals surface area contributed by atoms with Crippen LogP contribution in [-0.2, 0) is 0 Å². The van der Waals surface area contributed by atoms with E-state index in [2.05, 4.69) is 101 Å². The van der Waals surface area contributed by atoms with Crippen LogP contribution in [0.4, 0.5) is 0 Å². The molecule has 0 aliphatic rings. The summed E-state index contributed by atoms with van der Waals surface area (Å²) >= 11 is 0. The maximum atomic E-state index is 2.30. The average molecular weight is 276 g/mol. The van der Waals surface area contributed by atoms with Gasteiger partial charge >= 0.3 is 0 Å². The quantitative estimate of drug-likeness (QED) is 0.584. The van der Waals surface area contributed by atoms with Crippen molar-refractivity contribution in [2.24, 2.45) is 5.41 Å². The third kappa shape index (κ3) is 4.46. The van der Waals surface area contributed by atoms with Crippen molar-refractivity contribution in [1.29, 1.82) is 0 Å². The maximum absolute atomic E-state index is 2.30. The molecule has 0 nitrogen and oxygen atoms in total. The van der Waals surface area contributed by atoms with Crippen LogP contribution in [0.25, 0.3) is 12.2 Å². The van der Waals surface area contributed by atoms with Gasteiger partial charge in [-0.1, -0.05) is 93.6 Å². The minimum absolute atomic E-state index is 0.116. The summed E-state index contributed by atoms with van der Waals surface area (Å²) < 4.78 is 0. The lowest BCUT2D eigenvalue weighted by Gasteiger charge is -2.24. The van der Waals surface area contributed by atoms with Gasteiger partial charge in [-0.05, 0) is 34.6 Å². The Balaban J connectivity index is 2.42. The Labute approximate surface area is 128 Å². The van der Waals surface area contributed by atoms with Crippen molar-refractivity contribution >= 4 is 12.2 Å². The lowest BCUT2D eigenvalue weighted by Crippen LogP contribution is -2.10. The normalized spacial score (nSPS) is 13.3. The second kappa shape index (κ2) is 6.58. The van der Waals surface area contributed by atoms with E-state index in [0.717, 1.165) is 0 Å². The molecule has 0 N–H and O–H groups in total. The molecular weight excluding hydrogens is 252 g/mol. The fraction of sp³-hybridized carbons (Fsp3) is 0.238. The molecule has 0 radical (unpaired) electrons. The minimum atomic E-state index is 0.116. The second-order valence-corrected chi connectivity index (χ2v) is 6.46. The number of allylic oxidation sites excluding steroid dienone is 2. The highest BCUT2D eigenvalue weighted by Gasteiger charge is 2.18. The largest absolute Gasteiger partial charge is 0.0622 e. The van der Waals surface area contributed by atoms with Crippen molar-refractivity contribution in [2.45, 2.75) is 27.7 Å². The van der Waals surface area contributed by atoms with E-state index in [9.17, 15) is 0 Å². The standard InChI is InChI=1S/C21H24/c1-17(15-18-11-7-5-8-12-18)20(21(2,3)4)16-19-13-9-6-10-14-19/h5-16H,1-4H3. The molecule has 0 heterocycles. The van der Waals surface area contributed by atoms with Gasteiger partial charge in [-0.25, -0.2) is 0 Å². The molecule has 2 rings (SSSR count). The first-order chi connectivity index (χ1) is 9.97. The van der Waals surface area contributed by atoms with E-state index in [0.29, 0.717) is 0 Å². The van der Waals surface area contributed by atoms with Crippen molar-refractivity contribution in [3.63, 3.8) is 0 Å². The van der Waals surface area contributed by atoms with Gasteiger partial charge in [0.2, 0.25) is 0 Å². The number of rotatable bonds is 3. The van der Waals surface area contributed by atoms with Crippen LogP contribution in [0.15, 0.2) is 71.8 Å². The molecule has 0 saturated carbocycles. The summed E-state index contributed by atoms with van der Waals surface area (Å²) in [6.45, 7) is 9.01. The molecule has 0 aliphatic carbocycles. The van der Waals surface area contributed by atoms with Crippen LogP contribution in [0.3, 0.4) is 0 Å². The SMILES string of the molecule is CC(=Cc1ccccc1)C(=Cc1ccccc1)C(C)(C)C. The summed E-state index contributed by atoms with van der Waals surface area (Å²) in [6, 6.07) is 21.0. The molecule has 0 amide bonds. The third-order valence-corrected chi connectivity index (χ3v) is 3.53. The lowest BCUT2D eigenvalue weighted by molar-refractivity contribution is 0.515. The highest BCUT2D eigenvalue weighted by molar-refractivity contribution is 5.66. The minimum Gasteiger partial charge on any atom is -0.0622 e. The topological polar surface area (TPSA) is 0 Å². The van der Waals surface area contributed by atoms with Crippen LogP contribution in [0, 0.1) is 5.41 Å². The second-order valence-electron chi connectivity index (χ2n) is 6.46. The van der Waals surface area contributed by atoms with E-state index in [1.165, 1.54) is 22.3 Å². The van der Waals surface area contributed by atoms with E-state index in [1.54, 1.807) is 0 Å². The van der Waals surface area contributed by atoms with E-state index < -0.39 is 0 Å². The molecule has 0 atom stereocenters. The van der Waals surface area contributed by atoms with Gasteiger partial charge in [0.05, 0.1) is 0 Å². The Morgan fingerprint density at radius 1 is 0.714 bits per heavy atom. The van der Waals surface area contributed by atoms with Crippen molar-refractivity contribution in [3.8, 4) is 0 Å². The average Bonchev–Trinajstić information content (AvgIpc) is 2.45. The Kier molecular flexibility index (Phi) is 4.80. The summed E-state index contributed by atoms with van der Waals surface area (Å²) in [5.74, 6) is 0. The predicted molar refractivity (Wildman–Crippen MR) is 94.0 cm³/mol. The summed E-state index contributed by atoms with van der Waals surface area (Å²) in [5.41, 5.74) is 5.31. The van der Waals surface area contributed by atoms with Gasteiger partial charge in [-0.3, -0.25) is 0 Å². The molecule has 0 unspecified atom stereocenters. The molecular formula is C21H24. The molecule has 0 aliphatic heterocycles. The van der Waals surface area contributed by atoms with Crippen LogP contribution in [0.2, 0.25) is 0 Å². The Morgan fingerprint density at radius 3 is 1.57 bits per heavy atom. The maximum Gasteiger partial charge on any atom is -0.0129 e. The van der Waals surface area contributed by atoms with E-state index in [4.69, 9.17) is 0 Å². The van der Waals surface area contributed by atoms with Crippen LogP contribution < -0.4 is 0 Å². The Bertz CT molecular complexity index is 623. The van der Waals surface area contributed by atoms with Gasteiger partial charge in [0.25, 0.3) is 0 Å². The summed E-state index contributed by atoms with van der Waals surface area (Å²) in [6.07, 6.45) is 4.56. The first kappa shape index (κ1) is 15.3. The van der Waals surface area contributed by atoms with Crippen molar-refractivity contribution < 1.29 is 0 Å². The first-order valence-corrected chi connectivity index (χ1v) is 7.48. The molecule has 108 valence electrons. The van der Waals surface area contributed by atoms with Gasteiger partial charge in [0.15, 0.2) is 0 Å². The summed E-state index contributed by atoms with van der Waals surface area (Å²) in [7, 11) is 0. The van der Waals surface area contributed by atoms with Crippen molar-refractivity contribution in [1.82, 2.24) is 0 Å². The molecule has 21 heavy (non-hydrogen) atoms. The zero-order valence-corrected chi connectivity index (χ0v) is 13.4. The lowest BCUT2D eigenvalue weighted by atomic mass is 9.80. The summed E-state index contributed by atoms with van der Waals surface area (Å²) in [5, 5.41) is 0. The molecule has 0 spiro atoms. The first-order valence-electron chi connectivity index (χ1n) is 7.48. The fourth-order valence-corrected chi connectivity index (χ4v) is 2.51. The molecule has 0 bridgehead atoms. The van der Waals surface area contributed by atoms with Crippen molar-refractivity contribution in [3.05, 3.63) is 82.9 Å². The monoisotopic (exact) mass is 276 g/mol. The molecule has 0 heteroatoms. The highest BCUT2D eigenvalue weighted by atomic mass is 14.2. The van der Waals surface area contributed by atoms with Gasteiger partial charge in [0, 0.05) is 0 Å². The summed E-state index contributed by atoms with van der Waals surface area (Å²) in [4.78, 5) is 0. The molecule has 0 aromatic heterocycles. The molecule has 2 aromatic rings. The zero-order valence-electron chi connectivity index (χ0n) is 13.4. The number of hydrogen-bond acceptors (Lipinski definition) is 0.